The van der Waals surface area contributed by atoms with Crippen molar-refractivity contribution >= 4 is 17.7 Å². The van der Waals surface area contributed by atoms with Crippen molar-refractivity contribution in [1.82, 2.24) is 0 Å². The van der Waals surface area contributed by atoms with Crippen LogP contribution < -0.4 is 0 Å². The number of hydrogen-bond donors (Lipinski definition) is 1. The summed E-state index contributed by atoms with van der Waals surface area (Å²) in [4.78, 5) is 12.4. The van der Waals surface area contributed by atoms with Crippen LogP contribution in [0.3, 0.4) is 0 Å². The lowest BCUT2D eigenvalue weighted by Gasteiger charge is -2.37. The fourth-order valence-corrected chi connectivity index (χ4v) is 4.59. The number of aliphatic hydroxyl groups excluding tert-OH is 1. The number of aliphatic hydroxyl groups is 1. The topological polar surface area (TPSA) is 46.5 Å². The van der Waals surface area contributed by atoms with Gasteiger partial charge in [0.2, 0.25) is 0 Å². The molecule has 0 unspecified atom stereocenters. The van der Waals surface area contributed by atoms with E-state index in [9.17, 15) is 9.90 Å². The minimum atomic E-state index is -1.35. The summed E-state index contributed by atoms with van der Waals surface area (Å²) in [5, 5.41) is 11.1. The summed E-state index contributed by atoms with van der Waals surface area (Å²) in [6.45, 7) is 0. The minimum absolute atomic E-state index is 0.638. The molecule has 27 heavy (non-hydrogen) atoms. The van der Waals surface area contributed by atoms with Gasteiger partial charge in [0.1, 0.15) is 4.75 Å². The summed E-state index contributed by atoms with van der Waals surface area (Å²) in [5.41, 5.74) is 2.83. The number of carbonyl (C=O) groups is 1. The van der Waals surface area contributed by atoms with Crippen molar-refractivity contribution in [2.24, 2.45) is 0 Å². The molecule has 0 radical (unpaired) electrons. The van der Waals surface area contributed by atoms with E-state index in [2.05, 4.69) is 0 Å². The predicted octanol–water partition coefficient (Wildman–Crippen LogP) is 4.40. The molecular weight excluding hydrogens is 356 g/mol. The zero-order valence-electron chi connectivity index (χ0n) is 15.1. The molecule has 138 valence electrons. The molecule has 3 aromatic carbocycles. The van der Waals surface area contributed by atoms with Gasteiger partial charge < -0.3 is 9.84 Å². The van der Waals surface area contributed by atoms with Crippen LogP contribution in [0.4, 0.5) is 0 Å². The molecule has 0 saturated carbocycles. The Morgan fingerprint density at radius 1 is 0.889 bits per heavy atom. The maximum Gasteiger partial charge on any atom is 0.336 e. The van der Waals surface area contributed by atoms with Crippen molar-refractivity contribution in [3.8, 4) is 0 Å². The first-order valence-electron chi connectivity index (χ1n) is 8.73. The molecule has 0 aliphatic carbocycles. The van der Waals surface area contributed by atoms with E-state index in [1.54, 1.807) is 0 Å². The van der Waals surface area contributed by atoms with Crippen molar-refractivity contribution in [3.63, 3.8) is 0 Å². The highest BCUT2D eigenvalue weighted by Gasteiger charge is 2.46. The summed E-state index contributed by atoms with van der Waals surface area (Å²) in [7, 11) is 1.30. The van der Waals surface area contributed by atoms with Crippen LogP contribution in [-0.4, -0.2) is 24.3 Å². The van der Waals surface area contributed by atoms with E-state index in [0.717, 1.165) is 16.7 Å². The Hall–Kier alpha value is -2.56. The third kappa shape index (κ3) is 4.07. The molecule has 3 aromatic rings. The number of carbonyl (C=O) groups excluding carboxylic acids is 1. The van der Waals surface area contributed by atoms with Crippen molar-refractivity contribution < 1.29 is 14.6 Å². The van der Waals surface area contributed by atoms with Crippen LogP contribution in [0.5, 0.6) is 0 Å². The Labute approximate surface area is 164 Å². The van der Waals surface area contributed by atoms with Gasteiger partial charge in [0, 0.05) is 5.75 Å². The molecule has 0 aliphatic heterocycles. The molecule has 0 aliphatic rings. The van der Waals surface area contributed by atoms with E-state index in [1.165, 1.54) is 18.9 Å². The van der Waals surface area contributed by atoms with Gasteiger partial charge in [0.25, 0.3) is 0 Å². The number of thioether (sulfide) groups is 1. The molecule has 0 heterocycles. The molecule has 1 N–H and O–H groups in total. The van der Waals surface area contributed by atoms with Crippen LogP contribution in [0.2, 0.25) is 0 Å². The van der Waals surface area contributed by atoms with E-state index >= 15 is 0 Å². The molecule has 0 amide bonds. The van der Waals surface area contributed by atoms with Gasteiger partial charge in [-0.15, -0.1) is 11.8 Å². The SMILES string of the molecule is COC(=O)[C@@H](O)C(SCc1ccccc1)(c1ccccc1)c1ccccc1. The normalized spacial score (nSPS) is 12.4. The van der Waals surface area contributed by atoms with E-state index in [4.69, 9.17) is 4.74 Å². The average Bonchev–Trinajstić information content (AvgIpc) is 2.75. The van der Waals surface area contributed by atoms with E-state index in [1.807, 2.05) is 91.0 Å². The first kappa shape index (κ1) is 19.2. The minimum Gasteiger partial charge on any atom is -0.467 e. The zero-order valence-corrected chi connectivity index (χ0v) is 15.9. The lowest BCUT2D eigenvalue weighted by molar-refractivity contribution is -0.151. The highest BCUT2D eigenvalue weighted by atomic mass is 32.2. The Bertz CT molecular complexity index is 811. The Balaban J connectivity index is 2.13. The summed E-state index contributed by atoms with van der Waals surface area (Å²) in [6.07, 6.45) is -1.35. The zero-order chi connectivity index (χ0) is 19.1. The molecule has 3 nitrogen and oxygen atoms in total. The second-order valence-electron chi connectivity index (χ2n) is 6.17. The number of methoxy groups -OCH3 is 1. The number of esters is 1. The summed E-state index contributed by atoms with van der Waals surface area (Å²) >= 11 is 1.53. The second kappa shape index (κ2) is 8.89. The standard InChI is InChI=1S/C23H22O3S/c1-26-22(25)21(24)23(19-13-7-3-8-14-19,20-15-9-4-10-16-20)27-17-18-11-5-2-6-12-18/h2-16,21,24H,17H2,1H3/t21-/m1/s1. The van der Waals surface area contributed by atoms with Gasteiger partial charge in [0.05, 0.1) is 7.11 Å². The predicted molar refractivity (Wildman–Crippen MR) is 109 cm³/mol. The van der Waals surface area contributed by atoms with Crippen LogP contribution >= 0.6 is 11.8 Å². The van der Waals surface area contributed by atoms with E-state index in [0.29, 0.717) is 5.75 Å². The first-order valence-corrected chi connectivity index (χ1v) is 9.72. The fourth-order valence-electron chi connectivity index (χ4n) is 3.15. The average molecular weight is 378 g/mol. The molecule has 0 fully saturated rings. The van der Waals surface area contributed by atoms with Gasteiger partial charge in [-0.25, -0.2) is 4.79 Å². The van der Waals surface area contributed by atoms with Crippen molar-refractivity contribution in [2.45, 2.75) is 16.6 Å². The number of benzene rings is 3. The third-order valence-electron chi connectivity index (χ3n) is 4.52. The van der Waals surface area contributed by atoms with Crippen LogP contribution in [0, 0.1) is 0 Å². The molecule has 3 rings (SSSR count). The van der Waals surface area contributed by atoms with Crippen LogP contribution in [0.1, 0.15) is 16.7 Å². The Kier molecular flexibility index (Phi) is 6.32. The maximum absolute atomic E-state index is 12.4. The van der Waals surface area contributed by atoms with E-state index < -0.39 is 16.8 Å². The first-order chi connectivity index (χ1) is 13.2. The highest BCUT2D eigenvalue weighted by Crippen LogP contribution is 2.47. The summed E-state index contributed by atoms with van der Waals surface area (Å²) in [5.74, 6) is -0.0122. The van der Waals surface area contributed by atoms with Gasteiger partial charge in [-0.2, -0.15) is 0 Å². The fraction of sp³-hybridized carbons (Fsp3) is 0.174. The molecule has 0 spiro atoms. The largest absolute Gasteiger partial charge is 0.467 e. The van der Waals surface area contributed by atoms with Crippen molar-refractivity contribution in [2.75, 3.05) is 7.11 Å². The molecule has 1 atom stereocenters. The summed E-state index contributed by atoms with van der Waals surface area (Å²) in [6, 6.07) is 29.3. The van der Waals surface area contributed by atoms with Crippen LogP contribution in [0.15, 0.2) is 91.0 Å². The highest BCUT2D eigenvalue weighted by molar-refractivity contribution is 7.99. The third-order valence-corrected chi connectivity index (χ3v) is 6.15. The van der Waals surface area contributed by atoms with Crippen molar-refractivity contribution in [3.05, 3.63) is 108 Å². The number of ether oxygens (including phenoxy) is 1. The molecule has 0 saturated heterocycles. The second-order valence-corrected chi connectivity index (χ2v) is 7.39. The number of hydrogen-bond acceptors (Lipinski definition) is 4. The quantitative estimate of drug-likeness (QED) is 0.619. The maximum atomic E-state index is 12.4. The van der Waals surface area contributed by atoms with Gasteiger partial charge in [-0.1, -0.05) is 91.0 Å². The van der Waals surface area contributed by atoms with Gasteiger partial charge in [0.15, 0.2) is 6.10 Å². The van der Waals surface area contributed by atoms with Gasteiger partial charge >= 0.3 is 5.97 Å². The molecular formula is C23H22O3S. The molecule has 4 heteroatoms. The summed E-state index contributed by atoms with van der Waals surface area (Å²) < 4.78 is 3.93. The lowest BCUT2D eigenvalue weighted by atomic mass is 9.85. The molecule has 0 bridgehead atoms. The van der Waals surface area contributed by atoms with Gasteiger partial charge in [-0.3, -0.25) is 0 Å². The van der Waals surface area contributed by atoms with Gasteiger partial charge in [-0.05, 0) is 16.7 Å². The smallest absolute Gasteiger partial charge is 0.336 e. The Morgan fingerprint density at radius 3 is 1.78 bits per heavy atom. The number of rotatable bonds is 7. The van der Waals surface area contributed by atoms with Crippen molar-refractivity contribution in [1.29, 1.82) is 0 Å². The lowest BCUT2D eigenvalue weighted by Crippen LogP contribution is -2.44. The monoisotopic (exact) mass is 378 g/mol. The van der Waals surface area contributed by atoms with Crippen LogP contribution in [0.25, 0.3) is 0 Å². The van der Waals surface area contributed by atoms with E-state index in [-0.39, 0.29) is 0 Å². The Morgan fingerprint density at radius 2 is 1.33 bits per heavy atom. The molecule has 0 aromatic heterocycles. The van der Waals surface area contributed by atoms with Crippen LogP contribution in [-0.2, 0) is 20.0 Å².